The molecule has 0 rings (SSSR count). The van der Waals surface area contributed by atoms with Gasteiger partial charge in [0.2, 0.25) is 0 Å². The minimum atomic E-state index is -2.67. The lowest BCUT2D eigenvalue weighted by Crippen LogP contribution is -2.57. The predicted molar refractivity (Wildman–Crippen MR) is 76.1 cm³/mol. The molecule has 0 aliphatic rings. The van der Waals surface area contributed by atoms with E-state index in [4.69, 9.17) is 22.1 Å². The minimum absolute atomic E-state index is 0.419. The summed E-state index contributed by atoms with van der Waals surface area (Å²) in [6, 6.07) is 0. The van der Waals surface area contributed by atoms with Crippen LogP contribution in [0.2, 0.25) is 0 Å². The van der Waals surface area contributed by atoms with Crippen molar-refractivity contribution in [1.29, 1.82) is 0 Å². The van der Waals surface area contributed by atoms with Gasteiger partial charge in [0.05, 0.1) is 6.61 Å². The fraction of sp³-hybridized carbons (Fsp3) is 1.00. The first-order valence-corrected chi connectivity index (χ1v) is 7.82. The third-order valence-corrected chi connectivity index (χ3v) is 2.64. The summed E-state index contributed by atoms with van der Waals surface area (Å²) in [5, 5.41) is 0. The van der Waals surface area contributed by atoms with Gasteiger partial charge in [0, 0.05) is 0 Å². The molecule has 0 aromatic carbocycles. The van der Waals surface area contributed by atoms with Gasteiger partial charge in [-0.2, -0.15) is 0 Å². The van der Waals surface area contributed by atoms with Crippen molar-refractivity contribution < 1.29 is 14.0 Å². The largest absolute Gasteiger partial charge is 0.326 e. The molecule has 0 radical (unpaired) electrons. The quantitative estimate of drug-likeness (QED) is 0.290. The average Bonchev–Trinajstić information content (AvgIpc) is 2.24. The summed E-state index contributed by atoms with van der Waals surface area (Å²) in [6.45, 7) is 4.62. The molecule has 0 heterocycles. The molecule has 1 atom stereocenters. The van der Waals surface area contributed by atoms with Crippen LogP contribution in [-0.2, 0) is 9.09 Å². The van der Waals surface area contributed by atoms with Crippen molar-refractivity contribution in [2.45, 2.75) is 64.6 Å². The Bertz CT molecular complexity index is 198. The molecule has 7 heteroatoms. The first kappa shape index (κ1) is 20.3. The smallest absolute Gasteiger partial charge is 0.316 e. The highest BCUT2D eigenvalue weighted by molar-refractivity contribution is 7.32. The Morgan fingerprint density at radius 3 is 1.94 bits per heavy atom. The number of nitrogens with two attached hydrogens (primary N) is 3. The third-order valence-electron chi connectivity index (χ3n) is 2.19. The summed E-state index contributed by atoms with van der Waals surface area (Å²) < 4.78 is 14.4. The molecule has 0 aliphatic heterocycles. The molecule has 0 amide bonds. The number of hydrogen-bond acceptors (Lipinski definition) is 5. The van der Waals surface area contributed by atoms with Gasteiger partial charge in [0.25, 0.3) is 0 Å². The van der Waals surface area contributed by atoms with Crippen LogP contribution in [0.3, 0.4) is 0 Å². The van der Waals surface area contributed by atoms with Crippen molar-refractivity contribution in [3.63, 3.8) is 0 Å². The Morgan fingerprint density at radius 1 is 1.06 bits per heavy atom. The van der Waals surface area contributed by atoms with Crippen LogP contribution in [0.25, 0.3) is 0 Å². The highest BCUT2D eigenvalue weighted by atomic mass is 31.1. The predicted octanol–water partition coefficient (Wildman–Crippen LogP) is 1.67. The van der Waals surface area contributed by atoms with Gasteiger partial charge in [0.15, 0.2) is 0 Å². The van der Waals surface area contributed by atoms with Gasteiger partial charge in [-0.15, -0.1) is 0 Å². The van der Waals surface area contributed by atoms with Crippen molar-refractivity contribution in [2.24, 2.45) is 17.2 Å². The lowest BCUT2D eigenvalue weighted by atomic mass is 10.1. The van der Waals surface area contributed by atoms with Crippen LogP contribution in [0.1, 0.15) is 58.8 Å². The third kappa shape index (κ3) is 25.0. The van der Waals surface area contributed by atoms with Crippen LogP contribution < -0.4 is 17.2 Å². The first-order chi connectivity index (χ1) is 8.33. The Morgan fingerprint density at radius 2 is 1.56 bits per heavy atom. The zero-order valence-electron chi connectivity index (χ0n) is 11.7. The number of unbranched alkanes of at least 4 members (excludes halogenated alkanes) is 4. The van der Waals surface area contributed by atoms with E-state index < -0.39 is 14.0 Å². The van der Waals surface area contributed by atoms with E-state index in [9.17, 15) is 4.57 Å². The first-order valence-electron chi connectivity index (χ1n) is 6.55. The molecule has 18 heavy (non-hydrogen) atoms. The van der Waals surface area contributed by atoms with Gasteiger partial charge in [-0.25, -0.2) is 0 Å². The van der Waals surface area contributed by atoms with E-state index in [2.05, 4.69) is 18.4 Å². The van der Waals surface area contributed by atoms with Gasteiger partial charge in [-0.1, -0.05) is 39.5 Å². The van der Waals surface area contributed by atoms with E-state index in [0.717, 1.165) is 32.1 Å². The summed E-state index contributed by atoms with van der Waals surface area (Å²) in [4.78, 5) is 8.18. The lowest BCUT2D eigenvalue weighted by Gasteiger charge is -2.17. The van der Waals surface area contributed by atoms with Gasteiger partial charge in [-0.3, -0.25) is 4.57 Å². The van der Waals surface area contributed by atoms with Crippen LogP contribution >= 0.6 is 8.25 Å². The fourth-order valence-corrected chi connectivity index (χ4v) is 1.51. The molecule has 0 aromatic rings. The Balaban J connectivity index is 0. The van der Waals surface area contributed by atoms with Crippen molar-refractivity contribution in [3.05, 3.63) is 0 Å². The lowest BCUT2D eigenvalue weighted by molar-refractivity contribution is 0.274. The maximum absolute atomic E-state index is 9.93. The minimum Gasteiger partial charge on any atom is -0.326 e. The molecule has 0 spiro atoms. The van der Waals surface area contributed by atoms with Gasteiger partial charge >= 0.3 is 8.25 Å². The van der Waals surface area contributed by atoms with Crippen LogP contribution in [0.15, 0.2) is 0 Å². The van der Waals surface area contributed by atoms with Crippen LogP contribution in [0.4, 0.5) is 0 Å². The molecular weight excluding hydrogens is 253 g/mol. The second-order valence-electron chi connectivity index (χ2n) is 4.39. The fourth-order valence-electron chi connectivity index (χ4n) is 1.19. The molecule has 7 N–H and O–H groups in total. The Hall–Kier alpha value is 0.0300. The van der Waals surface area contributed by atoms with E-state index in [1.54, 1.807) is 0 Å². The number of rotatable bonds is 9. The molecule has 0 fully saturated rings. The summed E-state index contributed by atoms with van der Waals surface area (Å²) >= 11 is 0. The van der Waals surface area contributed by atoms with E-state index in [1.807, 2.05) is 0 Å². The molecule has 0 saturated carbocycles. The topological polar surface area (TPSA) is 125 Å². The molecule has 0 aromatic heterocycles. The average molecular weight is 283 g/mol. The normalized spacial score (nSPS) is 12.8. The second-order valence-corrected chi connectivity index (χ2v) is 5.21. The van der Waals surface area contributed by atoms with Crippen molar-refractivity contribution in [2.75, 3.05) is 6.61 Å². The Kier molecular flexibility index (Phi) is 15.2. The summed E-state index contributed by atoms with van der Waals surface area (Å²) in [5.74, 6) is -0.949. The van der Waals surface area contributed by atoms with E-state index in [1.165, 1.54) is 6.42 Å². The highest BCUT2D eigenvalue weighted by Crippen LogP contribution is 2.14. The standard InChI is InChI=1S/C6H17N3.C5H13O3P/c1-2-3-4-5-6(7,8)9;1-2-3-4-5-8-9(6)7/h2-5,7-9H2,1H3;9H,2-5H2,1H3,(H,6,7). The van der Waals surface area contributed by atoms with E-state index in [-0.39, 0.29) is 0 Å². The maximum Gasteiger partial charge on any atom is 0.316 e. The van der Waals surface area contributed by atoms with Crippen molar-refractivity contribution in [3.8, 4) is 0 Å². The van der Waals surface area contributed by atoms with Crippen molar-refractivity contribution in [1.82, 2.24) is 0 Å². The molecule has 0 aliphatic carbocycles. The summed E-state index contributed by atoms with van der Waals surface area (Å²) in [6.07, 6.45) is 7.13. The molecular formula is C11H30N3O3P. The molecule has 112 valence electrons. The molecule has 1 unspecified atom stereocenters. The van der Waals surface area contributed by atoms with Gasteiger partial charge in [0.1, 0.15) is 5.79 Å². The highest BCUT2D eigenvalue weighted by Gasteiger charge is 2.09. The second kappa shape index (κ2) is 13.5. The van der Waals surface area contributed by atoms with Gasteiger partial charge < -0.3 is 26.6 Å². The summed E-state index contributed by atoms with van der Waals surface area (Å²) in [5.41, 5.74) is 16.0. The van der Waals surface area contributed by atoms with Crippen LogP contribution in [-0.4, -0.2) is 17.3 Å². The van der Waals surface area contributed by atoms with E-state index in [0.29, 0.717) is 13.0 Å². The van der Waals surface area contributed by atoms with Crippen LogP contribution in [0, 0.1) is 0 Å². The zero-order chi connectivity index (χ0) is 14.4. The maximum atomic E-state index is 9.93. The molecule has 0 saturated heterocycles. The Labute approximate surface area is 111 Å². The van der Waals surface area contributed by atoms with Crippen molar-refractivity contribution >= 4 is 8.25 Å². The number of hydrogen-bond donors (Lipinski definition) is 4. The monoisotopic (exact) mass is 283 g/mol. The van der Waals surface area contributed by atoms with Gasteiger partial charge in [-0.05, 0) is 19.3 Å². The molecule has 6 nitrogen and oxygen atoms in total. The molecule has 0 bridgehead atoms. The zero-order valence-corrected chi connectivity index (χ0v) is 12.7. The SMILES string of the molecule is CCCCCC(N)(N)N.CCCCCO[PH](=O)O. The van der Waals surface area contributed by atoms with E-state index >= 15 is 0 Å². The van der Waals surface area contributed by atoms with Crippen LogP contribution in [0.5, 0.6) is 0 Å². The summed E-state index contributed by atoms with van der Waals surface area (Å²) in [7, 11) is -2.67.